The van der Waals surface area contributed by atoms with E-state index in [-0.39, 0.29) is 5.91 Å². The average molecular weight is 528 g/mol. The van der Waals surface area contributed by atoms with Crippen molar-refractivity contribution in [1.82, 2.24) is 10.3 Å². The lowest BCUT2D eigenvalue weighted by molar-refractivity contribution is -0.137. The van der Waals surface area contributed by atoms with E-state index >= 15 is 0 Å². The van der Waals surface area contributed by atoms with Crippen LogP contribution in [0, 0.1) is 0 Å². The Kier molecular flexibility index (Phi) is 8.18. The van der Waals surface area contributed by atoms with Gasteiger partial charge in [0.1, 0.15) is 5.75 Å². The standard InChI is InChI=1S/C28H25ClF3N3O2/c1-37-23-15-20-14-19-7-10-22(29)16-24(19)35-27(20)25(17-23)33-12-2-3-13-34-26(36)11-6-18-4-8-21(9-5-18)28(30,31)32/h4-11,14-17,33H,2-3,12-13H2,1H3,(H,34,36)/b11-6+. The third kappa shape index (κ3) is 6.92. The largest absolute Gasteiger partial charge is 0.497 e. The molecular formula is C28H25ClF3N3O2. The van der Waals surface area contributed by atoms with Crippen LogP contribution in [0.25, 0.3) is 27.9 Å². The lowest BCUT2D eigenvalue weighted by Gasteiger charge is -2.13. The summed E-state index contributed by atoms with van der Waals surface area (Å²) in [4.78, 5) is 16.8. The van der Waals surface area contributed by atoms with Gasteiger partial charge in [-0.05, 0) is 60.9 Å². The number of amides is 1. The van der Waals surface area contributed by atoms with Crippen molar-refractivity contribution >= 4 is 51.1 Å². The van der Waals surface area contributed by atoms with Gasteiger partial charge < -0.3 is 15.4 Å². The Morgan fingerprint density at radius 3 is 2.49 bits per heavy atom. The number of unbranched alkanes of at least 4 members (excludes halogenated alkanes) is 1. The number of alkyl halides is 3. The van der Waals surface area contributed by atoms with Crippen LogP contribution in [0.3, 0.4) is 0 Å². The van der Waals surface area contributed by atoms with Gasteiger partial charge in [0.05, 0.1) is 29.4 Å². The van der Waals surface area contributed by atoms with E-state index in [1.54, 1.807) is 7.11 Å². The van der Waals surface area contributed by atoms with E-state index in [1.165, 1.54) is 24.3 Å². The summed E-state index contributed by atoms with van der Waals surface area (Å²) >= 11 is 6.14. The van der Waals surface area contributed by atoms with E-state index in [0.29, 0.717) is 23.7 Å². The minimum absolute atomic E-state index is 0.304. The highest BCUT2D eigenvalue weighted by atomic mass is 35.5. The van der Waals surface area contributed by atoms with Crippen LogP contribution in [0.2, 0.25) is 5.02 Å². The predicted molar refractivity (Wildman–Crippen MR) is 142 cm³/mol. The fraction of sp³-hybridized carbons (Fsp3) is 0.214. The lowest BCUT2D eigenvalue weighted by Crippen LogP contribution is -2.22. The van der Waals surface area contributed by atoms with Gasteiger partial charge in [0.25, 0.3) is 0 Å². The van der Waals surface area contributed by atoms with Crippen LogP contribution in [0.15, 0.2) is 66.7 Å². The van der Waals surface area contributed by atoms with Crippen LogP contribution < -0.4 is 15.4 Å². The molecule has 2 N–H and O–H groups in total. The minimum atomic E-state index is -4.38. The molecule has 0 saturated heterocycles. The molecule has 1 heterocycles. The molecule has 0 atom stereocenters. The Balaban J connectivity index is 1.28. The molecule has 0 aliphatic rings. The molecule has 4 rings (SSSR count). The molecule has 4 aromatic rings. The minimum Gasteiger partial charge on any atom is -0.497 e. The number of fused-ring (bicyclic) bond motifs is 2. The number of aromatic nitrogens is 1. The summed E-state index contributed by atoms with van der Waals surface area (Å²) < 4.78 is 43.3. The van der Waals surface area contributed by atoms with Gasteiger partial charge in [-0.25, -0.2) is 4.98 Å². The van der Waals surface area contributed by atoms with Gasteiger partial charge in [-0.3, -0.25) is 4.79 Å². The number of carbonyl (C=O) groups excluding carboxylic acids is 1. The van der Waals surface area contributed by atoms with E-state index in [4.69, 9.17) is 21.3 Å². The number of nitrogens with zero attached hydrogens (tertiary/aromatic N) is 1. The van der Waals surface area contributed by atoms with Crippen molar-refractivity contribution in [2.45, 2.75) is 19.0 Å². The molecule has 0 spiro atoms. The van der Waals surface area contributed by atoms with Gasteiger partial charge >= 0.3 is 6.18 Å². The van der Waals surface area contributed by atoms with Crippen molar-refractivity contribution in [2.75, 3.05) is 25.5 Å². The number of carbonyl (C=O) groups is 1. The molecule has 9 heteroatoms. The van der Waals surface area contributed by atoms with E-state index in [1.807, 2.05) is 30.3 Å². The van der Waals surface area contributed by atoms with Crippen LogP contribution in [0.5, 0.6) is 5.75 Å². The van der Waals surface area contributed by atoms with Gasteiger partial charge in [-0.15, -0.1) is 0 Å². The van der Waals surface area contributed by atoms with Gasteiger partial charge in [0.15, 0.2) is 0 Å². The third-order valence-corrected chi connectivity index (χ3v) is 6.00. The summed E-state index contributed by atoms with van der Waals surface area (Å²) in [7, 11) is 1.62. The molecule has 37 heavy (non-hydrogen) atoms. The summed E-state index contributed by atoms with van der Waals surface area (Å²) in [5.41, 5.74) is 2.26. The topological polar surface area (TPSA) is 63.2 Å². The number of rotatable bonds is 9. The maximum Gasteiger partial charge on any atom is 0.416 e. The maximum absolute atomic E-state index is 12.6. The summed E-state index contributed by atoms with van der Waals surface area (Å²) in [6.07, 6.45) is -0.0601. The second-order valence-electron chi connectivity index (χ2n) is 8.45. The normalized spacial score (nSPS) is 11.8. The number of ether oxygens (including phenoxy) is 1. The van der Waals surface area contributed by atoms with Crippen molar-refractivity contribution in [2.24, 2.45) is 0 Å². The van der Waals surface area contributed by atoms with Crippen LogP contribution in [-0.4, -0.2) is 31.1 Å². The number of hydrogen-bond donors (Lipinski definition) is 2. The average Bonchev–Trinajstić information content (AvgIpc) is 2.87. The van der Waals surface area contributed by atoms with Gasteiger partial charge in [0, 0.05) is 41.0 Å². The predicted octanol–water partition coefficient (Wildman–Crippen LogP) is 7.09. The SMILES string of the molecule is COc1cc(NCCCCNC(=O)/C=C/c2ccc(C(F)(F)F)cc2)c2nc3cc(Cl)ccc3cc2c1. The number of benzene rings is 3. The van der Waals surface area contributed by atoms with Crippen molar-refractivity contribution in [3.63, 3.8) is 0 Å². The molecule has 1 aromatic heterocycles. The van der Waals surface area contributed by atoms with Gasteiger partial charge in [-0.2, -0.15) is 13.2 Å². The van der Waals surface area contributed by atoms with Crippen LogP contribution in [0.1, 0.15) is 24.0 Å². The Morgan fingerprint density at radius 2 is 1.76 bits per heavy atom. The maximum atomic E-state index is 12.6. The molecule has 0 aliphatic heterocycles. The summed E-state index contributed by atoms with van der Waals surface area (Å²) in [6.45, 7) is 1.13. The molecule has 3 aromatic carbocycles. The van der Waals surface area contributed by atoms with E-state index in [9.17, 15) is 18.0 Å². The lowest BCUT2D eigenvalue weighted by atomic mass is 10.1. The first-order valence-corrected chi connectivity index (χ1v) is 12.1. The van der Waals surface area contributed by atoms with E-state index < -0.39 is 11.7 Å². The number of anilines is 1. The highest BCUT2D eigenvalue weighted by Gasteiger charge is 2.29. The summed E-state index contributed by atoms with van der Waals surface area (Å²) in [6, 6.07) is 16.1. The van der Waals surface area contributed by atoms with Crippen molar-refractivity contribution < 1.29 is 22.7 Å². The zero-order chi connectivity index (χ0) is 26.4. The number of hydrogen-bond acceptors (Lipinski definition) is 4. The number of pyridine rings is 1. The van der Waals surface area contributed by atoms with E-state index in [0.717, 1.165) is 58.2 Å². The zero-order valence-corrected chi connectivity index (χ0v) is 20.8. The highest BCUT2D eigenvalue weighted by molar-refractivity contribution is 6.31. The summed E-state index contributed by atoms with van der Waals surface area (Å²) in [5, 5.41) is 8.75. The molecule has 0 radical (unpaired) electrons. The van der Waals surface area contributed by atoms with Crippen molar-refractivity contribution in [3.8, 4) is 5.75 Å². The van der Waals surface area contributed by atoms with Crippen molar-refractivity contribution in [1.29, 1.82) is 0 Å². The van der Waals surface area contributed by atoms with Gasteiger partial charge in [0.2, 0.25) is 5.91 Å². The molecule has 192 valence electrons. The Labute approximate surface area is 217 Å². The molecule has 0 unspecified atom stereocenters. The third-order valence-electron chi connectivity index (χ3n) is 5.77. The molecule has 0 aliphatic carbocycles. The molecule has 0 saturated carbocycles. The second kappa shape index (κ2) is 11.5. The van der Waals surface area contributed by atoms with Crippen LogP contribution in [-0.2, 0) is 11.0 Å². The van der Waals surface area contributed by atoms with Crippen LogP contribution >= 0.6 is 11.6 Å². The Morgan fingerprint density at radius 1 is 1.00 bits per heavy atom. The van der Waals surface area contributed by atoms with Crippen molar-refractivity contribution in [3.05, 3.63) is 82.9 Å². The monoisotopic (exact) mass is 527 g/mol. The van der Waals surface area contributed by atoms with Crippen LogP contribution in [0.4, 0.5) is 18.9 Å². The van der Waals surface area contributed by atoms with E-state index in [2.05, 4.69) is 16.7 Å². The highest BCUT2D eigenvalue weighted by Crippen LogP contribution is 2.31. The Bertz CT molecular complexity index is 1440. The van der Waals surface area contributed by atoms with Gasteiger partial charge in [-0.1, -0.05) is 29.8 Å². The first-order valence-electron chi connectivity index (χ1n) is 11.7. The first kappa shape index (κ1) is 26.3. The fourth-order valence-electron chi connectivity index (χ4n) is 3.84. The Hall–Kier alpha value is -3.78. The molecule has 0 bridgehead atoms. The molecule has 5 nitrogen and oxygen atoms in total. The number of halogens is 4. The second-order valence-corrected chi connectivity index (χ2v) is 8.89. The molecule has 1 amide bonds. The number of methoxy groups -OCH3 is 1. The first-order chi connectivity index (χ1) is 17.7. The molecular weight excluding hydrogens is 503 g/mol. The number of nitrogens with one attached hydrogen (secondary N) is 2. The quantitative estimate of drug-likeness (QED) is 0.138. The fourth-order valence-corrected chi connectivity index (χ4v) is 4.01. The smallest absolute Gasteiger partial charge is 0.416 e. The summed E-state index contributed by atoms with van der Waals surface area (Å²) in [5.74, 6) is 0.415. The zero-order valence-electron chi connectivity index (χ0n) is 20.0. The molecule has 0 fully saturated rings.